The lowest BCUT2D eigenvalue weighted by Crippen LogP contribution is -2.15. The highest BCUT2D eigenvalue weighted by molar-refractivity contribution is 5.91. The van der Waals surface area contributed by atoms with E-state index >= 15 is 0 Å². The van der Waals surface area contributed by atoms with Gasteiger partial charge in [-0.2, -0.15) is 0 Å². The Balaban J connectivity index is 1.68. The topological polar surface area (TPSA) is 72.7 Å². The summed E-state index contributed by atoms with van der Waals surface area (Å²) in [6.45, 7) is 0. The lowest BCUT2D eigenvalue weighted by molar-refractivity contribution is -0.115. The Labute approximate surface area is 125 Å². The Hall–Kier alpha value is -3.09. The molecule has 0 aliphatic heterocycles. The molecule has 0 saturated heterocycles. The van der Waals surface area contributed by atoms with Crippen molar-refractivity contribution in [1.29, 1.82) is 0 Å². The van der Waals surface area contributed by atoms with Gasteiger partial charge in [-0.3, -0.25) is 9.78 Å². The number of nitrogens with zero attached hydrogens (tertiary/aromatic N) is 4. The molecule has 0 aliphatic rings. The van der Waals surface area contributed by atoms with Crippen LogP contribution in [-0.2, 0) is 11.2 Å². The summed E-state index contributed by atoms with van der Waals surface area (Å²) >= 11 is 0. The minimum Gasteiger partial charge on any atom is -0.309 e. The third kappa shape index (κ3) is 3.14. The van der Waals surface area contributed by atoms with Gasteiger partial charge in [-0.05, 0) is 11.6 Å². The van der Waals surface area contributed by atoms with E-state index in [1.165, 1.54) is 10.7 Å². The van der Waals surface area contributed by atoms with Crippen LogP contribution in [0.15, 0.2) is 55.1 Å². The van der Waals surface area contributed by atoms with Crippen LogP contribution in [-0.4, -0.2) is 25.7 Å². The number of halogens is 1. The molecule has 0 bridgehead atoms. The van der Waals surface area contributed by atoms with Crippen molar-refractivity contribution in [2.75, 3.05) is 5.32 Å². The van der Waals surface area contributed by atoms with Gasteiger partial charge in [-0.25, -0.2) is 14.1 Å². The summed E-state index contributed by atoms with van der Waals surface area (Å²) < 4.78 is 15.0. The van der Waals surface area contributed by atoms with Crippen LogP contribution in [0.1, 0.15) is 5.56 Å². The normalized spacial score (nSPS) is 10.4. The van der Waals surface area contributed by atoms with Crippen molar-refractivity contribution >= 4 is 11.7 Å². The number of hydrogen-bond acceptors (Lipinski definition) is 4. The second-order valence-corrected chi connectivity index (χ2v) is 4.53. The zero-order valence-electron chi connectivity index (χ0n) is 11.5. The van der Waals surface area contributed by atoms with Crippen LogP contribution in [0.3, 0.4) is 0 Å². The highest BCUT2D eigenvalue weighted by Gasteiger charge is 2.10. The van der Waals surface area contributed by atoms with Crippen molar-refractivity contribution in [3.8, 4) is 5.82 Å². The average Bonchev–Trinajstić information content (AvgIpc) is 2.99. The van der Waals surface area contributed by atoms with Gasteiger partial charge in [0.1, 0.15) is 5.82 Å². The minimum absolute atomic E-state index is 0.0509. The van der Waals surface area contributed by atoms with Gasteiger partial charge in [0.2, 0.25) is 5.91 Å². The smallest absolute Gasteiger partial charge is 0.230 e. The van der Waals surface area contributed by atoms with Crippen molar-refractivity contribution in [2.24, 2.45) is 0 Å². The van der Waals surface area contributed by atoms with Crippen LogP contribution in [0.4, 0.5) is 10.2 Å². The van der Waals surface area contributed by atoms with E-state index in [-0.39, 0.29) is 12.3 Å². The SMILES string of the molecule is O=C(Cc1ccccc1F)Nc1ccn(-c2cnccn2)n1. The summed E-state index contributed by atoms with van der Waals surface area (Å²) in [6, 6.07) is 7.81. The van der Waals surface area contributed by atoms with Crippen LogP contribution in [0.25, 0.3) is 5.82 Å². The number of carbonyl (C=O) groups excluding carboxylic acids is 1. The quantitative estimate of drug-likeness (QED) is 0.799. The van der Waals surface area contributed by atoms with Gasteiger partial charge in [-0.1, -0.05) is 18.2 Å². The largest absolute Gasteiger partial charge is 0.309 e. The molecule has 0 saturated carbocycles. The molecular formula is C15H12FN5O. The van der Waals surface area contributed by atoms with E-state index < -0.39 is 5.82 Å². The molecule has 1 aromatic carbocycles. The van der Waals surface area contributed by atoms with Gasteiger partial charge >= 0.3 is 0 Å². The molecular weight excluding hydrogens is 285 g/mol. The lowest BCUT2D eigenvalue weighted by atomic mass is 10.1. The summed E-state index contributed by atoms with van der Waals surface area (Å²) in [4.78, 5) is 20.0. The van der Waals surface area contributed by atoms with Crippen molar-refractivity contribution in [3.05, 3.63) is 66.5 Å². The fourth-order valence-electron chi connectivity index (χ4n) is 1.93. The Morgan fingerprint density at radius 1 is 1.23 bits per heavy atom. The first-order valence-electron chi connectivity index (χ1n) is 6.58. The van der Waals surface area contributed by atoms with Crippen molar-refractivity contribution in [2.45, 2.75) is 6.42 Å². The number of amides is 1. The highest BCUT2D eigenvalue weighted by atomic mass is 19.1. The van der Waals surface area contributed by atoms with E-state index in [4.69, 9.17) is 0 Å². The van der Waals surface area contributed by atoms with Crippen molar-refractivity contribution in [3.63, 3.8) is 0 Å². The molecule has 0 fully saturated rings. The minimum atomic E-state index is -0.400. The second kappa shape index (κ2) is 6.13. The lowest BCUT2D eigenvalue weighted by Gasteiger charge is -2.03. The number of hydrogen-bond donors (Lipinski definition) is 1. The fraction of sp³-hybridized carbons (Fsp3) is 0.0667. The summed E-state index contributed by atoms with van der Waals surface area (Å²) in [5, 5.41) is 6.80. The van der Waals surface area contributed by atoms with Gasteiger partial charge < -0.3 is 5.32 Å². The van der Waals surface area contributed by atoms with Crippen LogP contribution < -0.4 is 5.32 Å². The monoisotopic (exact) mass is 297 g/mol. The molecule has 3 aromatic rings. The number of aromatic nitrogens is 4. The summed E-state index contributed by atoms with van der Waals surface area (Å²) in [5.41, 5.74) is 0.341. The predicted molar refractivity (Wildman–Crippen MR) is 77.9 cm³/mol. The van der Waals surface area contributed by atoms with E-state index in [0.29, 0.717) is 17.2 Å². The number of benzene rings is 1. The maximum atomic E-state index is 13.5. The number of nitrogens with one attached hydrogen (secondary N) is 1. The number of carbonyl (C=O) groups is 1. The van der Waals surface area contributed by atoms with Crippen LogP contribution in [0.5, 0.6) is 0 Å². The standard InChI is InChI=1S/C15H12FN5O/c16-12-4-2-1-3-11(12)9-15(22)19-13-5-8-21(20-13)14-10-17-6-7-18-14/h1-8,10H,9H2,(H,19,20,22). The third-order valence-electron chi connectivity index (χ3n) is 2.95. The molecule has 0 aliphatic carbocycles. The van der Waals surface area contributed by atoms with E-state index in [1.807, 2.05) is 0 Å². The maximum absolute atomic E-state index is 13.5. The Kier molecular flexibility index (Phi) is 3.86. The average molecular weight is 297 g/mol. The highest BCUT2D eigenvalue weighted by Crippen LogP contribution is 2.10. The molecule has 6 nitrogen and oxygen atoms in total. The van der Waals surface area contributed by atoms with E-state index in [9.17, 15) is 9.18 Å². The van der Waals surface area contributed by atoms with Gasteiger partial charge in [-0.15, -0.1) is 5.10 Å². The van der Waals surface area contributed by atoms with Crippen LogP contribution in [0.2, 0.25) is 0 Å². The molecule has 2 heterocycles. The molecule has 0 radical (unpaired) electrons. The molecule has 1 N–H and O–H groups in total. The molecule has 3 rings (SSSR count). The van der Waals surface area contributed by atoms with E-state index in [2.05, 4.69) is 20.4 Å². The van der Waals surface area contributed by atoms with Crippen LogP contribution >= 0.6 is 0 Å². The summed E-state index contributed by atoms with van der Waals surface area (Å²) in [6.07, 6.45) is 6.27. The first-order chi connectivity index (χ1) is 10.7. The molecule has 1 amide bonds. The van der Waals surface area contributed by atoms with Crippen molar-refractivity contribution < 1.29 is 9.18 Å². The number of rotatable bonds is 4. The summed E-state index contributed by atoms with van der Waals surface area (Å²) in [5.74, 6) is 0.168. The first-order valence-corrected chi connectivity index (χ1v) is 6.58. The zero-order valence-corrected chi connectivity index (χ0v) is 11.5. The Bertz CT molecular complexity index is 787. The van der Waals surface area contributed by atoms with Crippen LogP contribution in [0, 0.1) is 5.82 Å². The summed E-state index contributed by atoms with van der Waals surface area (Å²) in [7, 11) is 0. The molecule has 7 heteroatoms. The Morgan fingerprint density at radius 2 is 2.09 bits per heavy atom. The molecule has 22 heavy (non-hydrogen) atoms. The first kappa shape index (κ1) is 13.9. The zero-order chi connectivity index (χ0) is 15.4. The molecule has 0 unspecified atom stereocenters. The molecule has 110 valence electrons. The van der Waals surface area contributed by atoms with Gasteiger partial charge in [0.15, 0.2) is 11.6 Å². The van der Waals surface area contributed by atoms with Gasteiger partial charge in [0.25, 0.3) is 0 Å². The van der Waals surface area contributed by atoms with Gasteiger partial charge in [0, 0.05) is 24.7 Å². The predicted octanol–water partition coefficient (Wildman–Crippen LogP) is 1.98. The molecule has 0 spiro atoms. The van der Waals surface area contributed by atoms with E-state index in [1.54, 1.807) is 49.1 Å². The van der Waals surface area contributed by atoms with Gasteiger partial charge in [0.05, 0.1) is 12.6 Å². The number of anilines is 1. The fourth-order valence-corrected chi connectivity index (χ4v) is 1.93. The maximum Gasteiger partial charge on any atom is 0.230 e. The Morgan fingerprint density at radius 3 is 2.86 bits per heavy atom. The molecule has 2 aromatic heterocycles. The van der Waals surface area contributed by atoms with E-state index in [0.717, 1.165) is 0 Å². The second-order valence-electron chi connectivity index (χ2n) is 4.53. The molecule has 0 atom stereocenters. The van der Waals surface area contributed by atoms with Crippen molar-refractivity contribution in [1.82, 2.24) is 19.7 Å². The third-order valence-corrected chi connectivity index (χ3v) is 2.95.